The quantitative estimate of drug-likeness (QED) is 0.271. The Labute approximate surface area is 94.1 Å². The molecule has 1 fully saturated rings. The molecule has 7 heteroatoms. The van der Waals surface area contributed by atoms with Gasteiger partial charge in [-0.2, -0.15) is 0 Å². The van der Waals surface area contributed by atoms with Crippen LogP contribution in [0, 0.1) is 5.92 Å². The van der Waals surface area contributed by atoms with E-state index in [1.807, 2.05) is 0 Å². The molecule has 1 rings (SSSR count). The summed E-state index contributed by atoms with van der Waals surface area (Å²) in [5, 5.41) is 15.1. The molecular formula is C9H17N5O2. The van der Waals surface area contributed by atoms with Crippen molar-refractivity contribution < 1.29 is 9.90 Å². The third kappa shape index (κ3) is 4.06. The van der Waals surface area contributed by atoms with Gasteiger partial charge in [0.1, 0.15) is 0 Å². The number of azide groups is 1. The molecule has 1 amide bonds. The fourth-order valence-corrected chi connectivity index (χ4v) is 1.76. The maximum atomic E-state index is 11.5. The minimum absolute atomic E-state index is 0.105. The van der Waals surface area contributed by atoms with E-state index in [2.05, 4.69) is 15.3 Å². The van der Waals surface area contributed by atoms with E-state index < -0.39 is 0 Å². The fraction of sp³-hybridized carbons (Fsp3) is 0.889. The lowest BCUT2D eigenvalue weighted by Gasteiger charge is -2.16. The summed E-state index contributed by atoms with van der Waals surface area (Å²) in [6.07, 6.45) is 0.471. The molecule has 0 aliphatic carbocycles. The lowest BCUT2D eigenvalue weighted by Crippen LogP contribution is -2.34. The maximum Gasteiger partial charge on any atom is 0.222 e. The van der Waals surface area contributed by atoms with Gasteiger partial charge in [-0.3, -0.25) is 4.79 Å². The highest BCUT2D eigenvalue weighted by Crippen LogP contribution is 2.17. The Morgan fingerprint density at radius 1 is 1.62 bits per heavy atom. The summed E-state index contributed by atoms with van der Waals surface area (Å²) >= 11 is 0. The monoisotopic (exact) mass is 227 g/mol. The SMILES string of the molecule is [N-]=[N+]=NCC1CC(=O)N(CCNCCO)C1. The normalized spacial score (nSPS) is 19.9. The van der Waals surface area contributed by atoms with E-state index in [0.29, 0.717) is 39.1 Å². The second kappa shape index (κ2) is 7.05. The first kappa shape index (κ1) is 12.8. The van der Waals surface area contributed by atoms with Crippen LogP contribution in [0.3, 0.4) is 0 Å². The third-order valence-corrected chi connectivity index (χ3v) is 2.54. The Kier molecular flexibility index (Phi) is 5.63. The number of likely N-dealkylation sites (tertiary alicyclic amines) is 1. The zero-order chi connectivity index (χ0) is 11.8. The van der Waals surface area contributed by atoms with Gasteiger partial charge in [0.15, 0.2) is 0 Å². The van der Waals surface area contributed by atoms with E-state index in [1.54, 1.807) is 4.90 Å². The van der Waals surface area contributed by atoms with Gasteiger partial charge < -0.3 is 15.3 Å². The molecule has 2 N–H and O–H groups in total. The summed E-state index contributed by atoms with van der Waals surface area (Å²) in [5.41, 5.74) is 8.19. The van der Waals surface area contributed by atoms with Crippen LogP contribution in [0.25, 0.3) is 10.4 Å². The predicted octanol–water partition coefficient (Wildman–Crippen LogP) is -0.273. The minimum atomic E-state index is 0.105. The van der Waals surface area contributed by atoms with Crippen LogP contribution < -0.4 is 5.32 Å². The van der Waals surface area contributed by atoms with Crippen LogP contribution in [0.15, 0.2) is 5.11 Å². The Morgan fingerprint density at radius 2 is 2.44 bits per heavy atom. The smallest absolute Gasteiger partial charge is 0.222 e. The first-order valence-electron chi connectivity index (χ1n) is 5.38. The van der Waals surface area contributed by atoms with Gasteiger partial charge in [0.05, 0.1) is 6.61 Å². The second-order valence-corrected chi connectivity index (χ2v) is 3.80. The summed E-state index contributed by atoms with van der Waals surface area (Å²) < 4.78 is 0. The molecule has 1 heterocycles. The van der Waals surface area contributed by atoms with Crippen LogP contribution in [0.1, 0.15) is 6.42 Å². The number of aliphatic hydroxyl groups excluding tert-OH is 1. The summed E-state index contributed by atoms with van der Waals surface area (Å²) in [5.74, 6) is 0.269. The van der Waals surface area contributed by atoms with Gasteiger partial charge in [-0.05, 0) is 11.4 Å². The van der Waals surface area contributed by atoms with Gasteiger partial charge in [-0.25, -0.2) is 0 Å². The Balaban J connectivity index is 2.22. The number of hydrogen-bond acceptors (Lipinski definition) is 4. The molecule has 0 saturated carbocycles. The number of hydrogen-bond donors (Lipinski definition) is 2. The maximum absolute atomic E-state index is 11.5. The largest absolute Gasteiger partial charge is 0.395 e. The Hall–Kier alpha value is -1.30. The number of rotatable bonds is 7. The van der Waals surface area contributed by atoms with Crippen LogP contribution in [-0.4, -0.2) is 55.2 Å². The molecule has 0 aromatic heterocycles. The predicted molar refractivity (Wildman–Crippen MR) is 58.7 cm³/mol. The van der Waals surface area contributed by atoms with Crippen LogP contribution in [0.2, 0.25) is 0 Å². The lowest BCUT2D eigenvalue weighted by molar-refractivity contribution is -0.127. The summed E-state index contributed by atoms with van der Waals surface area (Å²) in [7, 11) is 0. The molecule has 1 aliphatic heterocycles. The van der Waals surface area contributed by atoms with E-state index in [9.17, 15) is 4.79 Å². The van der Waals surface area contributed by atoms with Gasteiger partial charge in [-0.15, -0.1) is 0 Å². The highest BCUT2D eigenvalue weighted by Gasteiger charge is 2.28. The average Bonchev–Trinajstić information content (AvgIpc) is 2.63. The molecule has 0 aromatic carbocycles. The molecule has 1 aliphatic rings. The lowest BCUT2D eigenvalue weighted by atomic mass is 10.1. The van der Waals surface area contributed by atoms with Gasteiger partial charge in [0.25, 0.3) is 0 Å². The molecule has 1 saturated heterocycles. The summed E-state index contributed by atoms with van der Waals surface area (Å²) in [6, 6.07) is 0. The van der Waals surface area contributed by atoms with Crippen LogP contribution >= 0.6 is 0 Å². The first-order chi connectivity index (χ1) is 7.77. The molecule has 1 atom stereocenters. The second-order valence-electron chi connectivity index (χ2n) is 3.80. The number of carbonyl (C=O) groups is 1. The van der Waals surface area contributed by atoms with Gasteiger partial charge >= 0.3 is 0 Å². The van der Waals surface area contributed by atoms with Crippen LogP contribution in [0.5, 0.6) is 0 Å². The van der Waals surface area contributed by atoms with Gasteiger partial charge in [0.2, 0.25) is 5.91 Å². The van der Waals surface area contributed by atoms with Crippen molar-refractivity contribution in [3.8, 4) is 0 Å². The molecule has 0 radical (unpaired) electrons. The van der Waals surface area contributed by atoms with E-state index in [-0.39, 0.29) is 18.4 Å². The van der Waals surface area contributed by atoms with E-state index in [0.717, 1.165) is 0 Å². The molecule has 16 heavy (non-hydrogen) atoms. The van der Waals surface area contributed by atoms with Gasteiger partial charge in [0, 0.05) is 44.1 Å². The molecule has 0 bridgehead atoms. The Bertz CT molecular complexity index is 277. The van der Waals surface area contributed by atoms with E-state index >= 15 is 0 Å². The van der Waals surface area contributed by atoms with Crippen molar-refractivity contribution in [1.29, 1.82) is 0 Å². The molecule has 0 aromatic rings. The standard InChI is InChI=1S/C9H17N5O2/c10-13-12-6-8-5-9(16)14(7-8)3-1-11-2-4-15/h8,11,15H,1-7H2. The van der Waals surface area contributed by atoms with Crippen LogP contribution in [-0.2, 0) is 4.79 Å². The Morgan fingerprint density at radius 3 is 3.12 bits per heavy atom. The molecule has 0 spiro atoms. The highest BCUT2D eigenvalue weighted by molar-refractivity contribution is 5.78. The van der Waals surface area contributed by atoms with Crippen LogP contribution in [0.4, 0.5) is 0 Å². The topological polar surface area (TPSA) is 101 Å². The third-order valence-electron chi connectivity index (χ3n) is 2.54. The van der Waals surface area contributed by atoms with E-state index in [4.69, 9.17) is 10.6 Å². The van der Waals surface area contributed by atoms with Crippen molar-refractivity contribution in [2.45, 2.75) is 6.42 Å². The number of amides is 1. The van der Waals surface area contributed by atoms with Crippen molar-refractivity contribution in [1.82, 2.24) is 10.2 Å². The fourth-order valence-electron chi connectivity index (χ4n) is 1.76. The first-order valence-corrected chi connectivity index (χ1v) is 5.38. The van der Waals surface area contributed by atoms with E-state index in [1.165, 1.54) is 0 Å². The molecule has 1 unspecified atom stereocenters. The van der Waals surface area contributed by atoms with Crippen molar-refractivity contribution in [2.75, 3.05) is 39.3 Å². The summed E-state index contributed by atoms with van der Waals surface area (Å²) in [4.78, 5) is 16.0. The van der Waals surface area contributed by atoms with Gasteiger partial charge in [-0.1, -0.05) is 5.11 Å². The van der Waals surface area contributed by atoms with Crippen molar-refractivity contribution in [2.24, 2.45) is 11.0 Å². The summed E-state index contributed by atoms with van der Waals surface area (Å²) in [6.45, 7) is 3.03. The van der Waals surface area contributed by atoms with Crippen molar-refractivity contribution in [3.05, 3.63) is 10.4 Å². The number of nitrogens with zero attached hydrogens (tertiary/aromatic N) is 4. The molecule has 90 valence electrons. The number of nitrogens with one attached hydrogen (secondary N) is 1. The molecular weight excluding hydrogens is 210 g/mol. The van der Waals surface area contributed by atoms with Crippen molar-refractivity contribution >= 4 is 5.91 Å². The highest BCUT2D eigenvalue weighted by atomic mass is 16.3. The zero-order valence-electron chi connectivity index (χ0n) is 9.17. The zero-order valence-corrected chi connectivity index (χ0v) is 9.17. The van der Waals surface area contributed by atoms with Crippen molar-refractivity contribution in [3.63, 3.8) is 0 Å². The average molecular weight is 227 g/mol. The number of carbonyl (C=O) groups excluding carboxylic acids is 1. The minimum Gasteiger partial charge on any atom is -0.395 e. The molecule has 7 nitrogen and oxygen atoms in total. The number of aliphatic hydroxyl groups is 1.